The van der Waals surface area contributed by atoms with Gasteiger partial charge in [-0.3, -0.25) is 4.79 Å². The molecule has 0 aliphatic rings. The maximum absolute atomic E-state index is 12.5. The summed E-state index contributed by atoms with van der Waals surface area (Å²) in [4.78, 5) is 21.1. The first-order valence-electron chi connectivity index (χ1n) is 8.29. The van der Waals surface area contributed by atoms with Crippen LogP contribution in [0.2, 0.25) is 0 Å². The molecule has 0 aliphatic carbocycles. The molecule has 9 heteroatoms. The van der Waals surface area contributed by atoms with Gasteiger partial charge in [0.25, 0.3) is 10.0 Å². The summed E-state index contributed by atoms with van der Waals surface area (Å²) >= 11 is 1.53. The summed E-state index contributed by atoms with van der Waals surface area (Å²) in [5.74, 6) is -0.278. The number of nitrogens with zero attached hydrogens (tertiary/aromatic N) is 2. The van der Waals surface area contributed by atoms with E-state index in [9.17, 15) is 13.2 Å². The zero-order chi connectivity index (χ0) is 20.1. The number of anilines is 2. The monoisotopic (exact) mass is 414 g/mol. The quantitative estimate of drug-likeness (QED) is 0.600. The SMILES string of the molecule is Cc1cc(C)nc(NS(=O)(=O)c2ccc(NC(=O)/C=C/c3cccs3)cc2)n1. The van der Waals surface area contributed by atoms with Crippen molar-refractivity contribution in [3.05, 3.63) is 70.2 Å². The molecule has 28 heavy (non-hydrogen) atoms. The van der Waals surface area contributed by atoms with E-state index in [4.69, 9.17) is 0 Å². The lowest BCUT2D eigenvalue weighted by Gasteiger charge is -2.09. The molecule has 0 saturated carbocycles. The van der Waals surface area contributed by atoms with E-state index in [0.717, 1.165) is 4.88 Å². The van der Waals surface area contributed by atoms with E-state index in [0.29, 0.717) is 17.1 Å². The van der Waals surface area contributed by atoms with Crippen molar-refractivity contribution < 1.29 is 13.2 Å². The van der Waals surface area contributed by atoms with Gasteiger partial charge in [-0.05, 0) is 61.7 Å². The topological polar surface area (TPSA) is 101 Å². The molecule has 0 atom stereocenters. The molecule has 3 aromatic rings. The molecular weight excluding hydrogens is 396 g/mol. The Morgan fingerprint density at radius 1 is 1.07 bits per heavy atom. The Balaban J connectivity index is 1.68. The van der Waals surface area contributed by atoms with E-state index in [-0.39, 0.29) is 16.8 Å². The van der Waals surface area contributed by atoms with Gasteiger partial charge in [0.1, 0.15) is 0 Å². The van der Waals surface area contributed by atoms with E-state index in [2.05, 4.69) is 20.0 Å². The number of hydrogen-bond acceptors (Lipinski definition) is 6. The number of aryl methyl sites for hydroxylation is 2. The molecule has 0 unspecified atom stereocenters. The third-order valence-electron chi connectivity index (χ3n) is 3.58. The van der Waals surface area contributed by atoms with Crippen molar-refractivity contribution in [3.8, 4) is 0 Å². The van der Waals surface area contributed by atoms with Gasteiger partial charge in [-0.1, -0.05) is 6.07 Å². The zero-order valence-electron chi connectivity index (χ0n) is 15.2. The van der Waals surface area contributed by atoms with Gasteiger partial charge in [0, 0.05) is 28.0 Å². The number of nitrogens with one attached hydrogen (secondary N) is 2. The van der Waals surface area contributed by atoms with Crippen LogP contribution < -0.4 is 10.0 Å². The lowest BCUT2D eigenvalue weighted by Crippen LogP contribution is -2.16. The van der Waals surface area contributed by atoms with Crippen molar-refractivity contribution in [2.45, 2.75) is 18.7 Å². The van der Waals surface area contributed by atoms with Crippen LogP contribution in [0.4, 0.5) is 11.6 Å². The fraction of sp³-hybridized carbons (Fsp3) is 0.105. The first kappa shape index (κ1) is 19.7. The Morgan fingerprint density at radius 3 is 2.36 bits per heavy atom. The van der Waals surface area contributed by atoms with E-state index in [1.54, 1.807) is 26.0 Å². The summed E-state index contributed by atoms with van der Waals surface area (Å²) in [6.07, 6.45) is 3.14. The van der Waals surface area contributed by atoms with Crippen LogP contribution in [-0.4, -0.2) is 24.3 Å². The minimum Gasteiger partial charge on any atom is -0.323 e. The molecule has 2 heterocycles. The Hall–Kier alpha value is -3.04. The third kappa shape index (κ3) is 5.24. The Bertz CT molecular complexity index is 1090. The second kappa shape index (κ2) is 8.32. The molecule has 0 fully saturated rings. The summed E-state index contributed by atoms with van der Waals surface area (Å²) in [5, 5.41) is 4.61. The molecule has 144 valence electrons. The molecule has 0 saturated heterocycles. The number of rotatable bonds is 6. The largest absolute Gasteiger partial charge is 0.323 e. The lowest BCUT2D eigenvalue weighted by atomic mass is 10.3. The van der Waals surface area contributed by atoms with Crippen LogP contribution >= 0.6 is 11.3 Å². The van der Waals surface area contributed by atoms with Gasteiger partial charge in [0.05, 0.1) is 4.90 Å². The lowest BCUT2D eigenvalue weighted by molar-refractivity contribution is -0.111. The Kier molecular flexibility index (Phi) is 5.86. The average molecular weight is 415 g/mol. The zero-order valence-corrected chi connectivity index (χ0v) is 16.8. The predicted octanol–water partition coefficient (Wildman–Crippen LogP) is 3.61. The Labute approximate surface area is 167 Å². The van der Waals surface area contributed by atoms with E-state index < -0.39 is 10.0 Å². The summed E-state index contributed by atoms with van der Waals surface area (Å²) < 4.78 is 27.4. The number of thiophene rings is 1. The molecule has 0 aliphatic heterocycles. The maximum atomic E-state index is 12.5. The minimum atomic E-state index is -3.83. The average Bonchev–Trinajstić information content (AvgIpc) is 3.13. The van der Waals surface area contributed by atoms with Crippen molar-refractivity contribution >= 4 is 45.0 Å². The summed E-state index contributed by atoms with van der Waals surface area (Å²) in [6, 6.07) is 11.4. The van der Waals surface area contributed by atoms with E-state index in [1.807, 2.05) is 17.5 Å². The highest BCUT2D eigenvalue weighted by Gasteiger charge is 2.16. The number of hydrogen-bond donors (Lipinski definition) is 2. The van der Waals surface area contributed by atoms with Crippen molar-refractivity contribution in [1.29, 1.82) is 0 Å². The van der Waals surface area contributed by atoms with Gasteiger partial charge in [0.15, 0.2) is 0 Å². The summed E-state index contributed by atoms with van der Waals surface area (Å²) in [6.45, 7) is 3.52. The number of carbonyl (C=O) groups is 1. The molecule has 3 rings (SSSR count). The molecule has 7 nitrogen and oxygen atoms in total. The van der Waals surface area contributed by atoms with Gasteiger partial charge in [-0.25, -0.2) is 23.1 Å². The van der Waals surface area contributed by atoms with Crippen LogP contribution in [-0.2, 0) is 14.8 Å². The highest BCUT2D eigenvalue weighted by Crippen LogP contribution is 2.17. The number of carbonyl (C=O) groups excluding carboxylic acids is 1. The molecule has 0 bridgehead atoms. The molecule has 0 radical (unpaired) electrons. The first-order chi connectivity index (χ1) is 13.3. The number of sulfonamides is 1. The van der Waals surface area contributed by atoms with Crippen LogP contribution in [0.5, 0.6) is 0 Å². The smallest absolute Gasteiger partial charge is 0.264 e. The highest BCUT2D eigenvalue weighted by molar-refractivity contribution is 7.92. The fourth-order valence-corrected chi connectivity index (χ4v) is 3.96. The van der Waals surface area contributed by atoms with E-state index >= 15 is 0 Å². The van der Waals surface area contributed by atoms with Gasteiger partial charge in [0.2, 0.25) is 11.9 Å². The maximum Gasteiger partial charge on any atom is 0.264 e. The van der Waals surface area contributed by atoms with Crippen molar-refractivity contribution in [1.82, 2.24) is 9.97 Å². The number of benzene rings is 1. The normalized spacial score (nSPS) is 11.5. The molecule has 2 aromatic heterocycles. The Morgan fingerprint density at radius 2 is 1.75 bits per heavy atom. The highest BCUT2D eigenvalue weighted by atomic mass is 32.2. The van der Waals surface area contributed by atoms with E-state index in [1.165, 1.54) is 41.7 Å². The molecule has 1 amide bonds. The summed E-state index contributed by atoms with van der Waals surface area (Å²) in [7, 11) is -3.83. The van der Waals surface area contributed by atoms with Crippen LogP contribution in [0.25, 0.3) is 6.08 Å². The van der Waals surface area contributed by atoms with Crippen molar-refractivity contribution in [2.24, 2.45) is 0 Å². The van der Waals surface area contributed by atoms with Gasteiger partial charge < -0.3 is 5.32 Å². The van der Waals surface area contributed by atoms with Gasteiger partial charge in [-0.15, -0.1) is 11.3 Å². The number of aromatic nitrogens is 2. The minimum absolute atomic E-state index is 0.0218. The van der Waals surface area contributed by atoms with Crippen LogP contribution in [0.1, 0.15) is 16.3 Å². The first-order valence-corrected chi connectivity index (χ1v) is 10.7. The van der Waals surface area contributed by atoms with Crippen LogP contribution in [0.15, 0.2) is 58.8 Å². The number of amides is 1. The van der Waals surface area contributed by atoms with Crippen molar-refractivity contribution in [3.63, 3.8) is 0 Å². The van der Waals surface area contributed by atoms with Crippen LogP contribution in [0.3, 0.4) is 0 Å². The standard InChI is InChI=1S/C19H18N4O3S2/c1-13-12-14(2)21-19(20-13)23-28(25,26)17-8-5-15(6-9-17)22-18(24)10-7-16-4-3-11-27-16/h3-12H,1-2H3,(H,22,24)(H,20,21,23)/b10-7+. The second-order valence-electron chi connectivity index (χ2n) is 5.94. The fourth-order valence-electron chi connectivity index (χ4n) is 2.40. The van der Waals surface area contributed by atoms with Gasteiger partial charge in [-0.2, -0.15) is 0 Å². The molecule has 1 aromatic carbocycles. The predicted molar refractivity (Wildman–Crippen MR) is 111 cm³/mol. The van der Waals surface area contributed by atoms with Gasteiger partial charge >= 0.3 is 0 Å². The molecule has 2 N–H and O–H groups in total. The molecular formula is C19H18N4O3S2. The van der Waals surface area contributed by atoms with Crippen LogP contribution in [0, 0.1) is 13.8 Å². The second-order valence-corrected chi connectivity index (χ2v) is 8.60. The van der Waals surface area contributed by atoms with Crippen molar-refractivity contribution in [2.75, 3.05) is 10.0 Å². The third-order valence-corrected chi connectivity index (χ3v) is 5.76. The summed E-state index contributed by atoms with van der Waals surface area (Å²) in [5.41, 5.74) is 1.82. The molecule has 0 spiro atoms.